The summed E-state index contributed by atoms with van der Waals surface area (Å²) < 4.78 is 2.21. The Balaban J connectivity index is 1.45. The number of carbonyl (C=O) groups excluding carboxylic acids is 1. The van der Waals surface area contributed by atoms with Crippen molar-refractivity contribution in [2.75, 3.05) is 6.54 Å². The third-order valence-corrected chi connectivity index (χ3v) is 5.78. The van der Waals surface area contributed by atoms with Gasteiger partial charge in [-0.3, -0.25) is 4.79 Å². The molecular formula is C20H26N4O. The van der Waals surface area contributed by atoms with Gasteiger partial charge in [0.15, 0.2) is 0 Å². The molecule has 1 fully saturated rings. The van der Waals surface area contributed by atoms with E-state index < -0.39 is 0 Å². The van der Waals surface area contributed by atoms with E-state index in [9.17, 15) is 4.79 Å². The summed E-state index contributed by atoms with van der Waals surface area (Å²) in [4.78, 5) is 13.1. The minimum absolute atomic E-state index is 0.178. The Labute approximate surface area is 148 Å². The van der Waals surface area contributed by atoms with Crippen LogP contribution >= 0.6 is 0 Å². The molecule has 25 heavy (non-hydrogen) atoms. The zero-order valence-electron chi connectivity index (χ0n) is 14.9. The largest absolute Gasteiger partial charge is 0.355 e. The lowest BCUT2D eigenvalue weighted by Crippen LogP contribution is -2.43. The quantitative estimate of drug-likeness (QED) is 0.912. The van der Waals surface area contributed by atoms with E-state index in [4.69, 9.17) is 0 Å². The molecule has 1 aliphatic heterocycles. The van der Waals surface area contributed by atoms with Crippen molar-refractivity contribution in [1.29, 1.82) is 0 Å². The van der Waals surface area contributed by atoms with Crippen LogP contribution in [0.25, 0.3) is 0 Å². The lowest BCUT2D eigenvalue weighted by molar-refractivity contribution is -0.126. The number of hydrogen-bond donors (Lipinski definition) is 1. The maximum atomic E-state index is 13.1. The summed E-state index contributed by atoms with van der Waals surface area (Å²) in [7, 11) is 0. The van der Waals surface area contributed by atoms with Gasteiger partial charge in [0.2, 0.25) is 5.91 Å². The third kappa shape index (κ3) is 2.96. The lowest BCUT2D eigenvalue weighted by Gasteiger charge is -2.28. The van der Waals surface area contributed by atoms with Crippen molar-refractivity contribution < 1.29 is 4.79 Å². The zero-order chi connectivity index (χ0) is 17.3. The number of nitrogens with one attached hydrogen (secondary N) is 1. The van der Waals surface area contributed by atoms with Gasteiger partial charge in [-0.2, -0.15) is 0 Å². The minimum atomic E-state index is -0.348. The van der Waals surface area contributed by atoms with Crippen LogP contribution in [0.5, 0.6) is 0 Å². The first-order valence-electron chi connectivity index (χ1n) is 9.45. The second-order valence-corrected chi connectivity index (χ2v) is 7.45. The van der Waals surface area contributed by atoms with Gasteiger partial charge in [0, 0.05) is 25.9 Å². The highest BCUT2D eigenvalue weighted by Gasteiger charge is 2.42. The predicted molar refractivity (Wildman–Crippen MR) is 96.4 cm³/mol. The summed E-state index contributed by atoms with van der Waals surface area (Å²) in [5.74, 6) is 2.27. The van der Waals surface area contributed by atoms with E-state index in [0.29, 0.717) is 6.54 Å². The number of carbonyl (C=O) groups is 1. The average Bonchev–Trinajstić information content (AvgIpc) is 3.33. The molecule has 132 valence electrons. The van der Waals surface area contributed by atoms with Crippen molar-refractivity contribution in [3.63, 3.8) is 0 Å². The molecular weight excluding hydrogens is 312 g/mol. The third-order valence-electron chi connectivity index (χ3n) is 5.78. The summed E-state index contributed by atoms with van der Waals surface area (Å²) in [5, 5.41) is 11.7. The number of aryl methyl sites for hydroxylation is 2. The number of nitrogens with zero attached hydrogens (tertiary/aromatic N) is 3. The van der Waals surface area contributed by atoms with Gasteiger partial charge >= 0.3 is 0 Å². The molecule has 5 heteroatoms. The summed E-state index contributed by atoms with van der Waals surface area (Å²) in [6.07, 6.45) is 7.07. The molecule has 2 heterocycles. The second-order valence-electron chi connectivity index (χ2n) is 7.45. The maximum Gasteiger partial charge on any atom is 0.230 e. The SMILES string of the molecule is Cc1cccc(C2(C(=O)NCCc3nnc4n3CCC4)CCCC2)c1. The summed E-state index contributed by atoms with van der Waals surface area (Å²) >= 11 is 0. The molecule has 1 aromatic heterocycles. The number of fused-ring (bicyclic) bond motifs is 1. The van der Waals surface area contributed by atoms with Crippen molar-refractivity contribution in [3.05, 3.63) is 47.0 Å². The van der Waals surface area contributed by atoms with Crippen LogP contribution in [0.3, 0.4) is 0 Å². The van der Waals surface area contributed by atoms with Gasteiger partial charge in [-0.15, -0.1) is 10.2 Å². The van der Waals surface area contributed by atoms with E-state index in [1.165, 1.54) is 11.1 Å². The first kappa shape index (κ1) is 16.3. The molecule has 1 aromatic carbocycles. The van der Waals surface area contributed by atoms with Crippen molar-refractivity contribution in [3.8, 4) is 0 Å². The summed E-state index contributed by atoms with van der Waals surface area (Å²) in [5.41, 5.74) is 2.04. The van der Waals surface area contributed by atoms with E-state index in [1.54, 1.807) is 0 Å². The minimum Gasteiger partial charge on any atom is -0.355 e. The van der Waals surface area contributed by atoms with Crippen LogP contribution in [-0.2, 0) is 29.6 Å². The molecule has 4 rings (SSSR count). The van der Waals surface area contributed by atoms with Gasteiger partial charge in [0.25, 0.3) is 0 Å². The van der Waals surface area contributed by atoms with E-state index in [2.05, 4.69) is 51.3 Å². The topological polar surface area (TPSA) is 59.8 Å². The molecule has 1 saturated carbocycles. The van der Waals surface area contributed by atoms with Crippen LogP contribution in [-0.4, -0.2) is 27.2 Å². The Morgan fingerprint density at radius 1 is 1.24 bits per heavy atom. The smallest absolute Gasteiger partial charge is 0.230 e. The number of benzene rings is 1. The van der Waals surface area contributed by atoms with Gasteiger partial charge in [0.1, 0.15) is 11.6 Å². The molecule has 0 spiro atoms. The normalized spacial score (nSPS) is 18.3. The fraction of sp³-hybridized carbons (Fsp3) is 0.550. The maximum absolute atomic E-state index is 13.1. The molecule has 0 radical (unpaired) electrons. The van der Waals surface area contributed by atoms with E-state index >= 15 is 0 Å². The highest BCUT2D eigenvalue weighted by Crippen LogP contribution is 2.41. The molecule has 1 aliphatic carbocycles. The van der Waals surface area contributed by atoms with Crippen LogP contribution in [0, 0.1) is 6.92 Å². The first-order chi connectivity index (χ1) is 12.2. The van der Waals surface area contributed by atoms with Gasteiger partial charge < -0.3 is 9.88 Å². The zero-order valence-corrected chi connectivity index (χ0v) is 14.9. The molecule has 0 atom stereocenters. The van der Waals surface area contributed by atoms with Gasteiger partial charge in [-0.1, -0.05) is 42.7 Å². The Hall–Kier alpha value is -2.17. The summed E-state index contributed by atoms with van der Waals surface area (Å²) in [6.45, 7) is 3.74. The van der Waals surface area contributed by atoms with Crippen molar-refractivity contribution in [2.45, 2.75) is 63.8 Å². The van der Waals surface area contributed by atoms with Crippen molar-refractivity contribution >= 4 is 5.91 Å². The van der Waals surface area contributed by atoms with E-state index in [0.717, 1.165) is 63.1 Å². The summed E-state index contributed by atoms with van der Waals surface area (Å²) in [6, 6.07) is 8.45. The van der Waals surface area contributed by atoms with E-state index in [-0.39, 0.29) is 11.3 Å². The molecule has 1 amide bonds. The van der Waals surface area contributed by atoms with Crippen LogP contribution in [0.2, 0.25) is 0 Å². The Kier molecular flexibility index (Phi) is 4.32. The van der Waals surface area contributed by atoms with Crippen LogP contribution in [0.4, 0.5) is 0 Å². The Morgan fingerprint density at radius 2 is 2.08 bits per heavy atom. The van der Waals surface area contributed by atoms with Crippen LogP contribution in [0.15, 0.2) is 24.3 Å². The fourth-order valence-corrected chi connectivity index (χ4v) is 4.42. The molecule has 2 aliphatic rings. The molecule has 2 aromatic rings. The standard InChI is InChI=1S/C20H26N4O/c1-15-6-4-7-16(14-15)20(10-2-3-11-20)19(25)21-12-9-18-23-22-17-8-5-13-24(17)18/h4,6-7,14H,2-3,5,8-13H2,1H3,(H,21,25). The molecule has 5 nitrogen and oxygen atoms in total. The first-order valence-corrected chi connectivity index (χ1v) is 9.45. The Bertz CT molecular complexity index is 774. The Morgan fingerprint density at radius 3 is 2.88 bits per heavy atom. The average molecular weight is 338 g/mol. The highest BCUT2D eigenvalue weighted by molar-refractivity contribution is 5.88. The molecule has 1 N–H and O–H groups in total. The van der Waals surface area contributed by atoms with Crippen molar-refractivity contribution in [2.24, 2.45) is 0 Å². The number of rotatable bonds is 5. The molecule has 0 unspecified atom stereocenters. The van der Waals surface area contributed by atoms with Crippen LogP contribution in [0.1, 0.15) is 54.9 Å². The van der Waals surface area contributed by atoms with Gasteiger partial charge in [0.05, 0.1) is 5.41 Å². The monoisotopic (exact) mass is 338 g/mol. The van der Waals surface area contributed by atoms with Crippen molar-refractivity contribution in [1.82, 2.24) is 20.1 Å². The van der Waals surface area contributed by atoms with Gasteiger partial charge in [-0.25, -0.2) is 0 Å². The highest BCUT2D eigenvalue weighted by atomic mass is 16.2. The number of hydrogen-bond acceptors (Lipinski definition) is 3. The van der Waals surface area contributed by atoms with Crippen LogP contribution < -0.4 is 5.32 Å². The predicted octanol–water partition coefficient (Wildman–Crippen LogP) is 2.70. The molecule has 0 saturated heterocycles. The fourth-order valence-electron chi connectivity index (χ4n) is 4.42. The van der Waals surface area contributed by atoms with Gasteiger partial charge in [-0.05, 0) is 31.7 Å². The lowest BCUT2D eigenvalue weighted by atomic mass is 9.77. The second kappa shape index (κ2) is 6.62. The number of aromatic nitrogens is 3. The van der Waals surface area contributed by atoms with E-state index in [1.807, 2.05) is 0 Å². The molecule has 0 bridgehead atoms. The number of amides is 1.